The number of hydrogen-bond donors (Lipinski definition) is 0. The zero-order chi connectivity index (χ0) is 18.6. The van der Waals surface area contributed by atoms with Crippen molar-refractivity contribution in [3.8, 4) is 5.75 Å². The van der Waals surface area contributed by atoms with Crippen LogP contribution in [0.5, 0.6) is 5.75 Å². The van der Waals surface area contributed by atoms with Gasteiger partial charge in [0.15, 0.2) is 5.82 Å². The Kier molecular flexibility index (Phi) is 5.88. The normalized spacial score (nSPS) is 22.6. The predicted molar refractivity (Wildman–Crippen MR) is 109 cm³/mol. The SMILES string of the molecule is COc1cccnc1C1CCN(C2CCCN(c3nsnc3C)CC2)CC1. The van der Waals surface area contributed by atoms with Crippen LogP contribution < -0.4 is 9.64 Å². The second-order valence-corrected chi connectivity index (χ2v) is 8.17. The molecule has 1 atom stereocenters. The lowest BCUT2D eigenvalue weighted by molar-refractivity contribution is 0.140. The van der Waals surface area contributed by atoms with Crippen molar-refractivity contribution >= 4 is 17.5 Å². The van der Waals surface area contributed by atoms with Gasteiger partial charge in [-0.1, -0.05) is 0 Å². The van der Waals surface area contributed by atoms with Crippen LogP contribution in [0.25, 0.3) is 0 Å². The summed E-state index contributed by atoms with van der Waals surface area (Å²) in [7, 11) is 1.74. The minimum atomic E-state index is 0.517. The van der Waals surface area contributed by atoms with Crippen molar-refractivity contribution in [3.05, 3.63) is 29.7 Å². The van der Waals surface area contributed by atoms with Crippen molar-refractivity contribution in [1.82, 2.24) is 18.6 Å². The van der Waals surface area contributed by atoms with Crippen LogP contribution in [0.4, 0.5) is 5.82 Å². The van der Waals surface area contributed by atoms with Gasteiger partial charge in [-0.15, -0.1) is 0 Å². The Morgan fingerprint density at radius 3 is 2.67 bits per heavy atom. The van der Waals surface area contributed by atoms with Crippen LogP contribution in [0.1, 0.15) is 49.4 Å². The molecular weight excluding hydrogens is 358 g/mol. The standard InChI is InChI=1S/C20H29N5OS/c1-15-20(23-27-22-15)25-11-4-5-17(9-14-25)24-12-7-16(8-13-24)19-18(26-2)6-3-10-21-19/h3,6,10,16-17H,4-5,7-9,11-14H2,1-2H3. The number of anilines is 1. The molecule has 6 nitrogen and oxygen atoms in total. The van der Waals surface area contributed by atoms with E-state index in [-0.39, 0.29) is 0 Å². The van der Waals surface area contributed by atoms with Gasteiger partial charge in [-0.25, -0.2) is 0 Å². The summed E-state index contributed by atoms with van der Waals surface area (Å²) in [6, 6.07) is 4.67. The van der Waals surface area contributed by atoms with Gasteiger partial charge in [-0.2, -0.15) is 8.75 Å². The number of aromatic nitrogens is 3. The van der Waals surface area contributed by atoms with Gasteiger partial charge in [0.05, 0.1) is 30.2 Å². The zero-order valence-corrected chi connectivity index (χ0v) is 17.1. The van der Waals surface area contributed by atoms with Gasteiger partial charge in [-0.05, 0) is 64.3 Å². The highest BCUT2D eigenvalue weighted by Crippen LogP contribution is 2.34. The number of hydrogen-bond acceptors (Lipinski definition) is 7. The number of nitrogens with zero attached hydrogens (tertiary/aromatic N) is 5. The van der Waals surface area contributed by atoms with Gasteiger partial charge >= 0.3 is 0 Å². The van der Waals surface area contributed by atoms with E-state index in [1.165, 1.54) is 43.8 Å². The van der Waals surface area contributed by atoms with E-state index < -0.39 is 0 Å². The summed E-state index contributed by atoms with van der Waals surface area (Å²) in [6.45, 7) is 6.58. The third-order valence-electron chi connectivity index (χ3n) is 6.08. The van der Waals surface area contributed by atoms with Crippen LogP contribution in [0.3, 0.4) is 0 Å². The first-order valence-electron chi connectivity index (χ1n) is 10.0. The molecule has 0 aromatic carbocycles. The van der Waals surface area contributed by atoms with Crippen molar-refractivity contribution in [2.75, 3.05) is 38.2 Å². The third-order valence-corrected chi connectivity index (χ3v) is 6.69. The monoisotopic (exact) mass is 387 g/mol. The fraction of sp³-hybridized carbons (Fsp3) is 0.650. The Hall–Kier alpha value is -1.73. The number of pyridine rings is 1. The van der Waals surface area contributed by atoms with Gasteiger partial charge in [0.25, 0.3) is 0 Å². The first-order chi connectivity index (χ1) is 13.3. The molecule has 0 saturated carbocycles. The summed E-state index contributed by atoms with van der Waals surface area (Å²) in [5, 5.41) is 0. The first kappa shape index (κ1) is 18.6. The molecule has 0 aliphatic carbocycles. The molecule has 2 fully saturated rings. The van der Waals surface area contributed by atoms with Gasteiger partial charge in [0.1, 0.15) is 5.75 Å². The number of ether oxygens (including phenoxy) is 1. The summed E-state index contributed by atoms with van der Waals surface area (Å²) in [4.78, 5) is 9.76. The van der Waals surface area contributed by atoms with E-state index in [9.17, 15) is 0 Å². The van der Waals surface area contributed by atoms with E-state index >= 15 is 0 Å². The molecule has 0 radical (unpaired) electrons. The average Bonchev–Trinajstić information content (AvgIpc) is 3.00. The van der Waals surface area contributed by atoms with Crippen LogP contribution in [-0.2, 0) is 0 Å². The van der Waals surface area contributed by atoms with Crippen LogP contribution in [0.15, 0.2) is 18.3 Å². The van der Waals surface area contributed by atoms with E-state index in [1.807, 2.05) is 18.3 Å². The molecule has 1 unspecified atom stereocenters. The molecule has 0 spiro atoms. The van der Waals surface area contributed by atoms with E-state index in [4.69, 9.17) is 4.74 Å². The molecule has 7 heteroatoms. The Bertz CT molecular complexity index is 743. The number of piperidine rings is 1. The minimum absolute atomic E-state index is 0.517. The summed E-state index contributed by atoms with van der Waals surface area (Å²) in [6.07, 6.45) is 7.96. The van der Waals surface area contributed by atoms with Crippen LogP contribution in [0, 0.1) is 6.92 Å². The van der Waals surface area contributed by atoms with Crippen LogP contribution in [0.2, 0.25) is 0 Å². The van der Waals surface area contributed by atoms with Gasteiger partial charge in [0.2, 0.25) is 0 Å². The second-order valence-electron chi connectivity index (χ2n) is 7.65. The summed E-state index contributed by atoms with van der Waals surface area (Å²) in [5.74, 6) is 2.55. The number of likely N-dealkylation sites (tertiary alicyclic amines) is 1. The molecule has 0 amide bonds. The third kappa shape index (κ3) is 4.09. The van der Waals surface area contributed by atoms with Crippen molar-refractivity contribution in [3.63, 3.8) is 0 Å². The topological polar surface area (TPSA) is 54.4 Å². The van der Waals surface area contributed by atoms with Gasteiger partial charge in [0, 0.05) is 31.2 Å². The van der Waals surface area contributed by atoms with E-state index in [2.05, 4.69) is 30.5 Å². The Labute approximate surface area is 165 Å². The van der Waals surface area contributed by atoms with E-state index in [1.54, 1.807) is 7.11 Å². The molecule has 2 aliphatic rings. The molecule has 27 heavy (non-hydrogen) atoms. The van der Waals surface area contributed by atoms with Crippen LogP contribution >= 0.6 is 11.7 Å². The summed E-state index contributed by atoms with van der Waals surface area (Å²) < 4.78 is 14.4. The highest BCUT2D eigenvalue weighted by Gasteiger charge is 2.29. The predicted octanol–water partition coefficient (Wildman–Crippen LogP) is 3.49. The second kappa shape index (κ2) is 8.52. The Balaban J connectivity index is 1.34. The highest BCUT2D eigenvalue weighted by molar-refractivity contribution is 6.99. The van der Waals surface area contributed by atoms with Crippen LogP contribution in [-0.4, -0.2) is 58.0 Å². The lowest BCUT2D eigenvalue weighted by atomic mass is 9.91. The maximum absolute atomic E-state index is 5.52. The highest BCUT2D eigenvalue weighted by atomic mass is 32.1. The zero-order valence-electron chi connectivity index (χ0n) is 16.3. The summed E-state index contributed by atoms with van der Waals surface area (Å²) >= 11 is 1.33. The Morgan fingerprint density at radius 1 is 1.07 bits per heavy atom. The molecule has 0 bridgehead atoms. The largest absolute Gasteiger partial charge is 0.495 e. The fourth-order valence-corrected chi connectivity index (χ4v) is 5.16. The van der Waals surface area contributed by atoms with Gasteiger partial charge < -0.3 is 14.5 Å². The number of rotatable bonds is 4. The molecule has 2 aliphatic heterocycles. The number of methoxy groups -OCH3 is 1. The molecule has 146 valence electrons. The molecule has 2 aromatic rings. The van der Waals surface area contributed by atoms with Crippen molar-refractivity contribution < 1.29 is 4.74 Å². The average molecular weight is 388 g/mol. The number of aryl methyl sites for hydroxylation is 1. The maximum atomic E-state index is 5.52. The quantitative estimate of drug-likeness (QED) is 0.800. The lowest BCUT2D eigenvalue weighted by Gasteiger charge is -2.37. The maximum Gasteiger partial charge on any atom is 0.165 e. The van der Waals surface area contributed by atoms with E-state index in [0.29, 0.717) is 12.0 Å². The van der Waals surface area contributed by atoms with Crippen molar-refractivity contribution in [2.45, 2.75) is 51.0 Å². The first-order valence-corrected chi connectivity index (χ1v) is 10.8. The lowest BCUT2D eigenvalue weighted by Crippen LogP contribution is -2.41. The van der Waals surface area contributed by atoms with Crippen molar-refractivity contribution in [2.24, 2.45) is 0 Å². The van der Waals surface area contributed by atoms with Crippen molar-refractivity contribution in [1.29, 1.82) is 0 Å². The Morgan fingerprint density at radius 2 is 1.93 bits per heavy atom. The molecule has 4 rings (SSSR count). The minimum Gasteiger partial charge on any atom is -0.495 e. The molecular formula is C20H29N5OS. The van der Waals surface area contributed by atoms with E-state index in [0.717, 1.165) is 49.1 Å². The summed E-state index contributed by atoms with van der Waals surface area (Å²) in [5.41, 5.74) is 2.21. The smallest absolute Gasteiger partial charge is 0.165 e. The van der Waals surface area contributed by atoms with Gasteiger partial charge in [-0.3, -0.25) is 4.98 Å². The fourth-order valence-electron chi connectivity index (χ4n) is 4.59. The molecule has 4 heterocycles. The molecule has 2 aromatic heterocycles. The molecule has 0 N–H and O–H groups in total. The molecule has 2 saturated heterocycles.